The molecule has 1 aromatic carbocycles. The number of hydrogen-bond donors (Lipinski definition) is 2. The molecule has 5 nitrogen and oxygen atoms in total. The number of carbonyl (C=O) groups excluding carboxylic acids is 2. The quantitative estimate of drug-likeness (QED) is 0.740. The Labute approximate surface area is 125 Å². The molecule has 1 aromatic rings. The van der Waals surface area contributed by atoms with E-state index in [1.807, 2.05) is 17.0 Å². The Morgan fingerprint density at radius 2 is 1.76 bits per heavy atom. The second kappa shape index (κ2) is 7.78. The number of fused-ring (bicyclic) bond motifs is 1. The molecular weight excluding hydrogens is 266 g/mol. The number of carbonyl (C=O) groups is 2. The third kappa shape index (κ3) is 4.56. The van der Waals surface area contributed by atoms with Crippen molar-refractivity contribution in [2.45, 2.75) is 38.8 Å². The van der Waals surface area contributed by atoms with Gasteiger partial charge in [-0.05, 0) is 30.5 Å². The van der Waals surface area contributed by atoms with Crippen molar-refractivity contribution in [3.63, 3.8) is 0 Å². The minimum Gasteiger partial charge on any atom is -0.356 e. The van der Waals surface area contributed by atoms with Crippen LogP contribution < -0.4 is 11.1 Å². The maximum atomic E-state index is 12.1. The molecule has 0 atom stereocenters. The highest BCUT2D eigenvalue weighted by atomic mass is 16.2. The maximum Gasteiger partial charge on any atom is 0.223 e. The average Bonchev–Trinajstić information content (AvgIpc) is 2.93. The lowest BCUT2D eigenvalue weighted by Gasteiger charge is -2.15. The molecule has 3 N–H and O–H groups in total. The molecule has 0 aromatic heterocycles. The summed E-state index contributed by atoms with van der Waals surface area (Å²) in [6.45, 7) is 2.49. The maximum absolute atomic E-state index is 12.1. The standard InChI is InChI=1S/C16H23N3O2/c17-9-3-7-15(20)18-10-4-8-16(21)19-11-13-5-1-2-6-14(13)12-19/h1-2,5-6H,3-4,7-12,17H2,(H,18,20). The summed E-state index contributed by atoms with van der Waals surface area (Å²) in [5.74, 6) is 0.170. The summed E-state index contributed by atoms with van der Waals surface area (Å²) < 4.78 is 0. The molecule has 0 spiro atoms. The van der Waals surface area contributed by atoms with Gasteiger partial charge in [0.15, 0.2) is 0 Å². The summed E-state index contributed by atoms with van der Waals surface area (Å²) in [6.07, 6.45) is 2.33. The van der Waals surface area contributed by atoms with E-state index in [2.05, 4.69) is 17.4 Å². The van der Waals surface area contributed by atoms with Crippen LogP contribution in [0.2, 0.25) is 0 Å². The molecule has 1 aliphatic heterocycles. The van der Waals surface area contributed by atoms with Crippen LogP contribution in [-0.2, 0) is 22.7 Å². The Balaban J connectivity index is 1.64. The van der Waals surface area contributed by atoms with Gasteiger partial charge in [0, 0.05) is 32.5 Å². The fourth-order valence-corrected chi connectivity index (χ4v) is 2.49. The first-order valence-electron chi connectivity index (χ1n) is 7.52. The van der Waals surface area contributed by atoms with Crippen LogP contribution in [0.15, 0.2) is 24.3 Å². The molecular formula is C16H23N3O2. The van der Waals surface area contributed by atoms with Crippen molar-refractivity contribution in [2.75, 3.05) is 13.1 Å². The summed E-state index contributed by atoms with van der Waals surface area (Å²) in [7, 11) is 0. The number of hydrogen-bond acceptors (Lipinski definition) is 3. The topological polar surface area (TPSA) is 75.4 Å². The van der Waals surface area contributed by atoms with Crippen LogP contribution in [0.5, 0.6) is 0 Å². The van der Waals surface area contributed by atoms with E-state index in [1.165, 1.54) is 11.1 Å². The number of nitrogens with two attached hydrogens (primary N) is 1. The predicted molar refractivity (Wildman–Crippen MR) is 81.2 cm³/mol. The lowest BCUT2D eigenvalue weighted by Crippen LogP contribution is -2.28. The van der Waals surface area contributed by atoms with Crippen molar-refractivity contribution < 1.29 is 9.59 Å². The zero-order chi connectivity index (χ0) is 15.1. The van der Waals surface area contributed by atoms with Crippen LogP contribution in [0.3, 0.4) is 0 Å². The zero-order valence-electron chi connectivity index (χ0n) is 12.3. The predicted octanol–water partition coefficient (Wildman–Crippen LogP) is 1.16. The molecule has 0 unspecified atom stereocenters. The first-order chi connectivity index (χ1) is 10.2. The van der Waals surface area contributed by atoms with Crippen LogP contribution >= 0.6 is 0 Å². The minimum atomic E-state index is 0.0153. The third-order valence-electron chi connectivity index (χ3n) is 3.69. The highest BCUT2D eigenvalue weighted by Crippen LogP contribution is 2.22. The van der Waals surface area contributed by atoms with E-state index in [1.54, 1.807) is 0 Å². The normalized spacial score (nSPS) is 13.1. The van der Waals surface area contributed by atoms with Gasteiger partial charge >= 0.3 is 0 Å². The van der Waals surface area contributed by atoms with Crippen LogP contribution in [0, 0.1) is 0 Å². The van der Waals surface area contributed by atoms with Crippen molar-refractivity contribution >= 4 is 11.8 Å². The van der Waals surface area contributed by atoms with Gasteiger partial charge in [-0.25, -0.2) is 0 Å². The second-order valence-electron chi connectivity index (χ2n) is 5.36. The van der Waals surface area contributed by atoms with Gasteiger partial charge < -0.3 is 16.0 Å². The van der Waals surface area contributed by atoms with Crippen molar-refractivity contribution in [3.05, 3.63) is 35.4 Å². The zero-order valence-corrected chi connectivity index (χ0v) is 12.3. The van der Waals surface area contributed by atoms with Gasteiger partial charge in [0.05, 0.1) is 0 Å². The molecule has 0 saturated heterocycles. The van der Waals surface area contributed by atoms with Crippen LogP contribution in [0.4, 0.5) is 0 Å². The van der Waals surface area contributed by atoms with Crippen LogP contribution in [-0.4, -0.2) is 29.8 Å². The Morgan fingerprint density at radius 3 is 2.38 bits per heavy atom. The van der Waals surface area contributed by atoms with E-state index in [9.17, 15) is 9.59 Å². The first-order valence-corrected chi connectivity index (χ1v) is 7.52. The largest absolute Gasteiger partial charge is 0.356 e. The molecule has 114 valence electrons. The summed E-state index contributed by atoms with van der Waals surface area (Å²) >= 11 is 0. The van der Waals surface area contributed by atoms with E-state index < -0.39 is 0 Å². The van der Waals surface area contributed by atoms with Crippen molar-refractivity contribution in [3.8, 4) is 0 Å². The van der Waals surface area contributed by atoms with Gasteiger partial charge in [-0.2, -0.15) is 0 Å². The summed E-state index contributed by atoms with van der Waals surface area (Å²) in [5, 5.41) is 2.82. The summed E-state index contributed by atoms with van der Waals surface area (Å²) in [5.41, 5.74) is 7.82. The molecule has 2 amide bonds. The molecule has 2 rings (SSSR count). The van der Waals surface area contributed by atoms with Crippen molar-refractivity contribution in [1.29, 1.82) is 0 Å². The van der Waals surface area contributed by atoms with E-state index in [4.69, 9.17) is 5.73 Å². The molecule has 0 radical (unpaired) electrons. The first kappa shape index (κ1) is 15.5. The van der Waals surface area contributed by atoms with Crippen molar-refractivity contribution in [1.82, 2.24) is 10.2 Å². The van der Waals surface area contributed by atoms with E-state index in [-0.39, 0.29) is 11.8 Å². The Hall–Kier alpha value is -1.88. The van der Waals surface area contributed by atoms with Gasteiger partial charge in [-0.1, -0.05) is 24.3 Å². The van der Waals surface area contributed by atoms with E-state index >= 15 is 0 Å². The molecule has 1 aliphatic rings. The fourth-order valence-electron chi connectivity index (χ4n) is 2.49. The summed E-state index contributed by atoms with van der Waals surface area (Å²) in [4.78, 5) is 25.4. The SMILES string of the molecule is NCCCC(=O)NCCCC(=O)N1Cc2ccccc2C1. The average molecular weight is 289 g/mol. The second-order valence-corrected chi connectivity index (χ2v) is 5.36. The molecule has 1 heterocycles. The molecule has 0 fully saturated rings. The molecule has 0 bridgehead atoms. The molecule has 0 saturated carbocycles. The Morgan fingerprint density at radius 1 is 1.10 bits per heavy atom. The number of benzene rings is 1. The van der Waals surface area contributed by atoms with Gasteiger partial charge in [-0.3, -0.25) is 9.59 Å². The minimum absolute atomic E-state index is 0.0153. The van der Waals surface area contributed by atoms with E-state index in [0.717, 1.165) is 0 Å². The van der Waals surface area contributed by atoms with Gasteiger partial charge in [0.2, 0.25) is 11.8 Å². The number of nitrogens with one attached hydrogen (secondary N) is 1. The van der Waals surface area contributed by atoms with Crippen molar-refractivity contribution in [2.24, 2.45) is 5.73 Å². The lowest BCUT2D eigenvalue weighted by molar-refractivity contribution is -0.132. The third-order valence-corrected chi connectivity index (χ3v) is 3.69. The molecule has 5 heteroatoms. The summed E-state index contributed by atoms with van der Waals surface area (Å²) in [6, 6.07) is 8.15. The van der Waals surface area contributed by atoms with Gasteiger partial charge in [0.1, 0.15) is 0 Å². The lowest BCUT2D eigenvalue weighted by atomic mass is 10.1. The van der Waals surface area contributed by atoms with Crippen LogP contribution in [0.25, 0.3) is 0 Å². The van der Waals surface area contributed by atoms with Gasteiger partial charge in [0.25, 0.3) is 0 Å². The molecule has 21 heavy (non-hydrogen) atoms. The van der Waals surface area contributed by atoms with Gasteiger partial charge in [-0.15, -0.1) is 0 Å². The number of amides is 2. The fraction of sp³-hybridized carbons (Fsp3) is 0.500. The number of rotatable bonds is 7. The monoisotopic (exact) mass is 289 g/mol. The number of nitrogens with zero attached hydrogens (tertiary/aromatic N) is 1. The van der Waals surface area contributed by atoms with Crippen LogP contribution in [0.1, 0.15) is 36.8 Å². The van der Waals surface area contributed by atoms with E-state index in [0.29, 0.717) is 51.9 Å². The molecule has 0 aliphatic carbocycles. The smallest absolute Gasteiger partial charge is 0.223 e. The highest BCUT2D eigenvalue weighted by Gasteiger charge is 2.22. The Kier molecular flexibility index (Phi) is 5.75. The highest BCUT2D eigenvalue weighted by molar-refractivity contribution is 5.77. The Bertz CT molecular complexity index is 477.